The van der Waals surface area contributed by atoms with E-state index >= 15 is 0 Å². The van der Waals surface area contributed by atoms with Gasteiger partial charge in [-0.15, -0.1) is 0 Å². The Labute approximate surface area is 88.0 Å². The molecule has 0 fully saturated rings. The second kappa shape index (κ2) is 4.08. The third kappa shape index (κ3) is 1.96. The number of rotatable bonds is 3. The van der Waals surface area contributed by atoms with Gasteiger partial charge in [0.05, 0.1) is 11.4 Å². The first-order valence-electron chi connectivity index (χ1n) is 4.92. The van der Waals surface area contributed by atoms with E-state index in [1.54, 1.807) is 12.4 Å². The van der Waals surface area contributed by atoms with Gasteiger partial charge in [-0.25, -0.2) is 9.97 Å². The Balaban J connectivity index is 2.40. The van der Waals surface area contributed by atoms with Gasteiger partial charge in [-0.3, -0.25) is 4.68 Å². The van der Waals surface area contributed by atoms with Gasteiger partial charge in [0.25, 0.3) is 0 Å². The van der Waals surface area contributed by atoms with Crippen molar-refractivity contribution in [3.8, 4) is 11.4 Å². The van der Waals surface area contributed by atoms with Crippen LogP contribution in [0.1, 0.15) is 13.3 Å². The van der Waals surface area contributed by atoms with Gasteiger partial charge in [0.15, 0.2) is 0 Å². The molecule has 0 amide bonds. The van der Waals surface area contributed by atoms with Crippen molar-refractivity contribution in [1.82, 2.24) is 19.7 Å². The van der Waals surface area contributed by atoms with E-state index in [4.69, 9.17) is 5.73 Å². The molecular weight excluding hydrogens is 190 g/mol. The van der Waals surface area contributed by atoms with Gasteiger partial charge in [0.2, 0.25) is 5.95 Å². The molecule has 0 aromatic carbocycles. The van der Waals surface area contributed by atoms with Gasteiger partial charge < -0.3 is 5.73 Å². The van der Waals surface area contributed by atoms with Crippen LogP contribution >= 0.6 is 0 Å². The zero-order valence-corrected chi connectivity index (χ0v) is 8.59. The van der Waals surface area contributed by atoms with Crippen LogP contribution in [0.15, 0.2) is 24.5 Å². The summed E-state index contributed by atoms with van der Waals surface area (Å²) in [5.74, 6) is 0.289. The molecule has 2 rings (SSSR count). The Kier molecular flexibility index (Phi) is 2.62. The van der Waals surface area contributed by atoms with Crippen LogP contribution in [0.3, 0.4) is 0 Å². The van der Waals surface area contributed by atoms with E-state index in [2.05, 4.69) is 22.0 Å². The highest BCUT2D eigenvalue weighted by atomic mass is 15.3. The molecule has 5 heteroatoms. The lowest BCUT2D eigenvalue weighted by atomic mass is 10.3. The van der Waals surface area contributed by atoms with Crippen LogP contribution in [0.25, 0.3) is 11.4 Å². The number of nitrogen functional groups attached to an aromatic ring is 1. The fourth-order valence-electron chi connectivity index (χ4n) is 1.46. The maximum absolute atomic E-state index is 5.54. The van der Waals surface area contributed by atoms with E-state index in [0.717, 1.165) is 24.4 Å². The Morgan fingerprint density at radius 3 is 2.93 bits per heavy atom. The summed E-state index contributed by atoms with van der Waals surface area (Å²) in [6.07, 6.45) is 4.46. The van der Waals surface area contributed by atoms with Crippen LogP contribution in [0.2, 0.25) is 0 Å². The summed E-state index contributed by atoms with van der Waals surface area (Å²) in [7, 11) is 0. The quantitative estimate of drug-likeness (QED) is 0.817. The van der Waals surface area contributed by atoms with Crippen molar-refractivity contribution in [2.24, 2.45) is 0 Å². The van der Waals surface area contributed by atoms with Crippen molar-refractivity contribution in [2.45, 2.75) is 19.9 Å². The molecule has 0 saturated carbocycles. The fourth-order valence-corrected chi connectivity index (χ4v) is 1.46. The second-order valence-electron chi connectivity index (χ2n) is 3.24. The summed E-state index contributed by atoms with van der Waals surface area (Å²) in [6.45, 7) is 2.99. The van der Waals surface area contributed by atoms with Crippen molar-refractivity contribution in [2.75, 3.05) is 5.73 Å². The van der Waals surface area contributed by atoms with Gasteiger partial charge in [-0.05, 0) is 18.6 Å². The molecule has 2 aromatic heterocycles. The van der Waals surface area contributed by atoms with Gasteiger partial charge in [0, 0.05) is 18.9 Å². The monoisotopic (exact) mass is 203 g/mol. The number of nitrogens with zero attached hydrogens (tertiary/aromatic N) is 4. The van der Waals surface area contributed by atoms with Crippen LogP contribution in [0, 0.1) is 0 Å². The Morgan fingerprint density at radius 1 is 1.33 bits per heavy atom. The minimum atomic E-state index is 0.289. The van der Waals surface area contributed by atoms with E-state index in [-0.39, 0.29) is 5.95 Å². The third-order valence-electron chi connectivity index (χ3n) is 2.09. The number of hydrogen-bond donors (Lipinski definition) is 1. The van der Waals surface area contributed by atoms with Crippen molar-refractivity contribution in [3.05, 3.63) is 24.5 Å². The van der Waals surface area contributed by atoms with Crippen molar-refractivity contribution < 1.29 is 0 Å². The lowest BCUT2D eigenvalue weighted by molar-refractivity contribution is 0.608. The predicted molar refractivity (Wildman–Crippen MR) is 58.0 cm³/mol. The van der Waals surface area contributed by atoms with Crippen molar-refractivity contribution in [1.29, 1.82) is 0 Å². The van der Waals surface area contributed by atoms with E-state index in [1.807, 2.05) is 16.8 Å². The van der Waals surface area contributed by atoms with Crippen LogP contribution in [0.5, 0.6) is 0 Å². The molecule has 15 heavy (non-hydrogen) atoms. The lowest BCUT2D eigenvalue weighted by Crippen LogP contribution is -2.03. The zero-order valence-electron chi connectivity index (χ0n) is 8.59. The summed E-state index contributed by atoms with van der Waals surface area (Å²) in [4.78, 5) is 8.03. The molecule has 0 saturated heterocycles. The minimum Gasteiger partial charge on any atom is -0.368 e. The third-order valence-corrected chi connectivity index (χ3v) is 2.09. The highest BCUT2D eigenvalue weighted by Crippen LogP contribution is 2.16. The number of hydrogen-bond acceptors (Lipinski definition) is 4. The standard InChI is InChI=1S/C10H13N5/c1-2-7-15-9(4-6-13-15)8-3-5-12-10(11)14-8/h3-6H,2,7H2,1H3,(H2,11,12,14). The number of aryl methyl sites for hydroxylation is 1. The molecule has 0 atom stereocenters. The van der Waals surface area contributed by atoms with Crippen LogP contribution in [-0.4, -0.2) is 19.7 Å². The van der Waals surface area contributed by atoms with Crippen molar-refractivity contribution >= 4 is 5.95 Å². The van der Waals surface area contributed by atoms with E-state index in [1.165, 1.54) is 0 Å². The first-order valence-corrected chi connectivity index (χ1v) is 4.92. The summed E-state index contributed by atoms with van der Waals surface area (Å²) in [5, 5.41) is 4.23. The second-order valence-corrected chi connectivity index (χ2v) is 3.24. The van der Waals surface area contributed by atoms with Gasteiger partial charge in [0.1, 0.15) is 0 Å². The normalized spacial score (nSPS) is 10.5. The maximum Gasteiger partial charge on any atom is 0.220 e. The average molecular weight is 203 g/mol. The predicted octanol–water partition coefficient (Wildman–Crippen LogP) is 1.33. The average Bonchev–Trinajstić information content (AvgIpc) is 2.66. The largest absolute Gasteiger partial charge is 0.368 e. The van der Waals surface area contributed by atoms with Crippen LogP contribution in [-0.2, 0) is 6.54 Å². The summed E-state index contributed by atoms with van der Waals surface area (Å²) in [6, 6.07) is 3.76. The lowest BCUT2D eigenvalue weighted by Gasteiger charge is -2.05. The molecule has 0 aliphatic rings. The molecular formula is C10H13N5. The topological polar surface area (TPSA) is 69.6 Å². The first-order chi connectivity index (χ1) is 7.31. The summed E-state index contributed by atoms with van der Waals surface area (Å²) < 4.78 is 1.92. The summed E-state index contributed by atoms with van der Waals surface area (Å²) >= 11 is 0. The fraction of sp³-hybridized carbons (Fsp3) is 0.300. The van der Waals surface area contributed by atoms with Gasteiger partial charge in [-0.2, -0.15) is 5.10 Å². The first kappa shape index (κ1) is 9.64. The molecule has 78 valence electrons. The molecule has 0 aliphatic carbocycles. The molecule has 0 spiro atoms. The molecule has 2 aromatic rings. The van der Waals surface area contributed by atoms with Crippen molar-refractivity contribution in [3.63, 3.8) is 0 Å². The summed E-state index contributed by atoms with van der Waals surface area (Å²) in [5.41, 5.74) is 7.33. The van der Waals surface area contributed by atoms with E-state index in [0.29, 0.717) is 0 Å². The zero-order chi connectivity index (χ0) is 10.7. The molecule has 2 heterocycles. The molecule has 2 N–H and O–H groups in total. The maximum atomic E-state index is 5.54. The number of anilines is 1. The van der Waals surface area contributed by atoms with E-state index < -0.39 is 0 Å². The molecule has 5 nitrogen and oxygen atoms in total. The highest BCUT2D eigenvalue weighted by Gasteiger charge is 2.06. The smallest absolute Gasteiger partial charge is 0.220 e. The molecule has 0 bridgehead atoms. The Bertz CT molecular complexity index is 449. The highest BCUT2D eigenvalue weighted by molar-refractivity contribution is 5.54. The number of nitrogens with two attached hydrogens (primary N) is 1. The van der Waals surface area contributed by atoms with Gasteiger partial charge in [-0.1, -0.05) is 6.92 Å². The molecule has 0 aliphatic heterocycles. The molecule has 0 radical (unpaired) electrons. The van der Waals surface area contributed by atoms with Gasteiger partial charge >= 0.3 is 0 Å². The minimum absolute atomic E-state index is 0.289. The number of aromatic nitrogens is 4. The Hall–Kier alpha value is -1.91. The Morgan fingerprint density at radius 2 is 2.20 bits per heavy atom. The van der Waals surface area contributed by atoms with Crippen LogP contribution < -0.4 is 5.73 Å². The van der Waals surface area contributed by atoms with E-state index in [9.17, 15) is 0 Å². The SMILES string of the molecule is CCCn1nccc1-c1ccnc(N)n1. The van der Waals surface area contributed by atoms with Crippen LogP contribution in [0.4, 0.5) is 5.95 Å². The molecule has 0 unspecified atom stereocenters.